The van der Waals surface area contributed by atoms with Crippen LogP contribution in [0.1, 0.15) is 21.5 Å². The predicted molar refractivity (Wildman–Crippen MR) is 124 cm³/mol. The van der Waals surface area contributed by atoms with Gasteiger partial charge in [0, 0.05) is 5.02 Å². The molecule has 1 heterocycles. The summed E-state index contributed by atoms with van der Waals surface area (Å²) >= 11 is 7.72. The maximum absolute atomic E-state index is 13.3. The molecule has 0 aromatic heterocycles. The molecule has 0 aliphatic carbocycles. The van der Waals surface area contributed by atoms with Crippen LogP contribution in [0.5, 0.6) is 0 Å². The van der Waals surface area contributed by atoms with Crippen molar-refractivity contribution in [2.75, 3.05) is 0 Å². The van der Waals surface area contributed by atoms with E-state index in [1.807, 2.05) is 54.6 Å². The molecule has 1 aliphatic rings. The van der Waals surface area contributed by atoms with Crippen LogP contribution in [0.2, 0.25) is 5.02 Å². The Hall–Kier alpha value is -3.09. The van der Waals surface area contributed by atoms with Gasteiger partial charge in [-0.3, -0.25) is 9.69 Å². The summed E-state index contributed by atoms with van der Waals surface area (Å²) in [6, 6.07) is 23.6. The number of hydrogen-bond acceptors (Lipinski definition) is 4. The number of aliphatic imine (C=N–C) groups is 1. The highest BCUT2D eigenvalue weighted by Crippen LogP contribution is 2.34. The van der Waals surface area contributed by atoms with Crippen LogP contribution in [0.4, 0.5) is 5.69 Å². The van der Waals surface area contributed by atoms with Crippen LogP contribution < -0.4 is 0 Å². The zero-order valence-electron chi connectivity index (χ0n) is 16.4. The summed E-state index contributed by atoms with van der Waals surface area (Å²) in [5, 5.41) is 9.99. The minimum Gasteiger partial charge on any atom is -0.478 e. The maximum atomic E-state index is 13.3. The molecule has 0 spiro atoms. The van der Waals surface area contributed by atoms with Crippen LogP contribution in [0, 0.1) is 0 Å². The Morgan fingerprint density at radius 1 is 1.00 bits per heavy atom. The van der Waals surface area contributed by atoms with Gasteiger partial charge in [0.15, 0.2) is 5.17 Å². The molecule has 3 aromatic rings. The quantitative estimate of drug-likeness (QED) is 0.545. The van der Waals surface area contributed by atoms with Gasteiger partial charge in [0.2, 0.25) is 5.91 Å². The number of aromatic carboxylic acids is 1. The minimum atomic E-state index is -0.991. The smallest absolute Gasteiger partial charge is 0.335 e. The summed E-state index contributed by atoms with van der Waals surface area (Å²) < 4.78 is 0. The Morgan fingerprint density at radius 3 is 2.35 bits per heavy atom. The van der Waals surface area contributed by atoms with E-state index in [2.05, 4.69) is 4.99 Å². The van der Waals surface area contributed by atoms with Crippen LogP contribution in [0.3, 0.4) is 0 Å². The number of carbonyl (C=O) groups excluding carboxylic acids is 1. The highest BCUT2D eigenvalue weighted by Gasteiger charge is 2.38. The molecular formula is C24H19ClN2O3S. The Morgan fingerprint density at radius 2 is 1.68 bits per heavy atom. The number of halogens is 1. The molecule has 7 heteroatoms. The number of benzene rings is 3. The number of amidine groups is 1. The van der Waals surface area contributed by atoms with Gasteiger partial charge < -0.3 is 5.11 Å². The number of carbonyl (C=O) groups is 2. The molecular weight excluding hydrogens is 432 g/mol. The fraction of sp³-hybridized carbons (Fsp3) is 0.125. The lowest BCUT2D eigenvalue weighted by Crippen LogP contribution is -2.32. The third kappa shape index (κ3) is 4.98. The Bertz CT molecular complexity index is 1130. The number of hydrogen-bond donors (Lipinski definition) is 1. The second-order valence-corrected chi connectivity index (χ2v) is 8.64. The van der Waals surface area contributed by atoms with Gasteiger partial charge in [-0.1, -0.05) is 71.9 Å². The normalized spacial score (nSPS) is 17.3. The van der Waals surface area contributed by atoms with E-state index in [0.717, 1.165) is 11.1 Å². The molecule has 1 N–H and O–H groups in total. The van der Waals surface area contributed by atoms with E-state index in [1.165, 1.54) is 23.9 Å². The molecule has 4 rings (SSSR count). The van der Waals surface area contributed by atoms with Crippen molar-refractivity contribution in [3.63, 3.8) is 0 Å². The molecule has 0 radical (unpaired) electrons. The first-order chi connectivity index (χ1) is 15.0. The largest absolute Gasteiger partial charge is 0.478 e. The molecule has 1 amide bonds. The van der Waals surface area contributed by atoms with E-state index in [0.29, 0.717) is 28.8 Å². The van der Waals surface area contributed by atoms with Crippen LogP contribution in [-0.2, 0) is 17.8 Å². The monoisotopic (exact) mass is 450 g/mol. The molecule has 5 nitrogen and oxygen atoms in total. The first kappa shape index (κ1) is 21.2. The second kappa shape index (κ2) is 9.37. The lowest BCUT2D eigenvalue weighted by molar-refractivity contribution is -0.126. The maximum Gasteiger partial charge on any atom is 0.335 e. The summed E-state index contributed by atoms with van der Waals surface area (Å²) in [6.45, 7) is 0.414. The van der Waals surface area contributed by atoms with Crippen molar-refractivity contribution in [1.82, 2.24) is 4.90 Å². The van der Waals surface area contributed by atoms with E-state index in [-0.39, 0.29) is 16.7 Å². The average molecular weight is 451 g/mol. The van der Waals surface area contributed by atoms with E-state index < -0.39 is 5.97 Å². The SMILES string of the molecule is O=C(O)c1ccc(N=C2SC(Cc3ccccc3Cl)C(=O)N2Cc2ccccc2)cc1. The third-order valence-corrected chi connectivity index (χ3v) is 6.45. The standard InChI is InChI=1S/C24H19ClN2O3S/c25-20-9-5-4-8-18(20)14-21-22(28)27(15-16-6-2-1-3-7-16)24(31-21)26-19-12-10-17(11-13-19)23(29)30/h1-13,21H,14-15H2,(H,29,30). The number of carboxylic acids is 1. The van der Waals surface area contributed by atoms with E-state index in [4.69, 9.17) is 16.7 Å². The Labute approximate surface area is 189 Å². The summed E-state index contributed by atoms with van der Waals surface area (Å²) in [7, 11) is 0. The zero-order valence-corrected chi connectivity index (χ0v) is 18.0. The van der Waals surface area contributed by atoms with Crippen molar-refractivity contribution in [3.8, 4) is 0 Å². The van der Waals surface area contributed by atoms with Crippen molar-refractivity contribution in [1.29, 1.82) is 0 Å². The highest BCUT2D eigenvalue weighted by atomic mass is 35.5. The van der Waals surface area contributed by atoms with Gasteiger partial charge in [0.05, 0.1) is 23.0 Å². The van der Waals surface area contributed by atoms with E-state index in [1.54, 1.807) is 17.0 Å². The molecule has 1 atom stereocenters. The van der Waals surface area contributed by atoms with Gasteiger partial charge in [0.25, 0.3) is 0 Å². The van der Waals surface area contributed by atoms with E-state index in [9.17, 15) is 9.59 Å². The first-order valence-corrected chi connectivity index (χ1v) is 10.9. The van der Waals surface area contributed by atoms with Gasteiger partial charge in [-0.05, 0) is 47.9 Å². The zero-order chi connectivity index (χ0) is 21.8. The first-order valence-electron chi connectivity index (χ1n) is 9.68. The fourth-order valence-electron chi connectivity index (χ4n) is 3.29. The molecule has 156 valence electrons. The Kier molecular flexibility index (Phi) is 6.39. The number of rotatable bonds is 6. The van der Waals surface area contributed by atoms with Crippen LogP contribution in [0.15, 0.2) is 83.9 Å². The molecule has 1 unspecified atom stereocenters. The number of amides is 1. The molecule has 0 saturated carbocycles. The number of nitrogens with zero attached hydrogens (tertiary/aromatic N) is 2. The summed E-state index contributed by atoms with van der Waals surface area (Å²) in [5.41, 5.74) is 2.71. The number of thioether (sulfide) groups is 1. The highest BCUT2D eigenvalue weighted by molar-refractivity contribution is 8.15. The lowest BCUT2D eigenvalue weighted by Gasteiger charge is -2.17. The van der Waals surface area contributed by atoms with Crippen molar-refractivity contribution in [3.05, 3.63) is 101 Å². The van der Waals surface area contributed by atoms with Gasteiger partial charge in [-0.15, -0.1) is 0 Å². The van der Waals surface area contributed by atoms with Crippen LogP contribution in [-0.4, -0.2) is 32.3 Å². The topological polar surface area (TPSA) is 70.0 Å². The van der Waals surface area contributed by atoms with Gasteiger partial charge in [-0.2, -0.15) is 0 Å². The second-order valence-electron chi connectivity index (χ2n) is 7.06. The van der Waals surface area contributed by atoms with Crippen LogP contribution >= 0.6 is 23.4 Å². The predicted octanol–water partition coefficient (Wildman–Crippen LogP) is 5.41. The molecule has 1 aliphatic heterocycles. The fourth-order valence-corrected chi connectivity index (χ4v) is 4.69. The van der Waals surface area contributed by atoms with Crippen molar-refractivity contribution in [2.45, 2.75) is 18.2 Å². The molecule has 0 bridgehead atoms. The van der Waals surface area contributed by atoms with Crippen molar-refractivity contribution < 1.29 is 14.7 Å². The third-order valence-electron chi connectivity index (χ3n) is 4.91. The summed E-state index contributed by atoms with van der Waals surface area (Å²) in [6.07, 6.45) is 0.505. The Balaban J connectivity index is 1.63. The minimum absolute atomic E-state index is 0.0188. The average Bonchev–Trinajstić information content (AvgIpc) is 3.05. The summed E-state index contributed by atoms with van der Waals surface area (Å²) in [4.78, 5) is 30.7. The van der Waals surface area contributed by atoms with Crippen molar-refractivity contribution in [2.24, 2.45) is 4.99 Å². The van der Waals surface area contributed by atoms with Gasteiger partial charge >= 0.3 is 5.97 Å². The molecule has 1 saturated heterocycles. The number of carboxylic acid groups (broad SMARTS) is 1. The van der Waals surface area contributed by atoms with Gasteiger partial charge in [0.1, 0.15) is 0 Å². The molecule has 3 aromatic carbocycles. The van der Waals surface area contributed by atoms with Crippen LogP contribution in [0.25, 0.3) is 0 Å². The molecule has 31 heavy (non-hydrogen) atoms. The molecule has 1 fully saturated rings. The van der Waals surface area contributed by atoms with Crippen molar-refractivity contribution >= 4 is 46.1 Å². The van der Waals surface area contributed by atoms with E-state index >= 15 is 0 Å². The lowest BCUT2D eigenvalue weighted by atomic mass is 10.1. The summed E-state index contributed by atoms with van der Waals surface area (Å²) in [5.74, 6) is -1.01. The van der Waals surface area contributed by atoms with Gasteiger partial charge in [-0.25, -0.2) is 9.79 Å².